The van der Waals surface area contributed by atoms with E-state index in [1.807, 2.05) is 13.8 Å². The summed E-state index contributed by atoms with van der Waals surface area (Å²) in [7, 11) is 1.48. The molecule has 0 radical (unpaired) electrons. The van der Waals surface area contributed by atoms with Crippen LogP contribution in [0.3, 0.4) is 0 Å². The van der Waals surface area contributed by atoms with Gasteiger partial charge >= 0.3 is 12.1 Å². The maximum atomic E-state index is 13.1. The topological polar surface area (TPSA) is 102 Å². The Morgan fingerprint density at radius 2 is 1.88 bits per heavy atom. The Kier molecular flexibility index (Phi) is 9.07. The number of halogens is 1. The zero-order valence-corrected chi connectivity index (χ0v) is 19.7. The molecule has 0 heterocycles. The third-order valence-electron chi connectivity index (χ3n) is 5.57. The highest BCUT2D eigenvalue weighted by Gasteiger charge is 2.48. The summed E-state index contributed by atoms with van der Waals surface area (Å²) in [6.45, 7) is 4.49. The molecule has 0 unspecified atom stereocenters. The van der Waals surface area contributed by atoms with E-state index < -0.39 is 30.4 Å². The summed E-state index contributed by atoms with van der Waals surface area (Å²) in [6.07, 6.45) is 1.80. The van der Waals surface area contributed by atoms with Gasteiger partial charge in [0.1, 0.15) is 11.6 Å². The van der Waals surface area contributed by atoms with Gasteiger partial charge in [0.05, 0.1) is 0 Å². The number of benzene rings is 1. The van der Waals surface area contributed by atoms with E-state index in [0.29, 0.717) is 29.8 Å². The second-order valence-corrected chi connectivity index (χ2v) is 8.81. The molecule has 176 valence electrons. The first kappa shape index (κ1) is 25.6. The molecule has 1 aromatic carbocycles. The number of carbonyl (C=O) groups is 4. The molecule has 1 aliphatic rings. The monoisotopic (exact) mass is 466 g/mol. The van der Waals surface area contributed by atoms with E-state index >= 15 is 0 Å². The van der Waals surface area contributed by atoms with E-state index in [4.69, 9.17) is 21.1 Å². The first-order valence-electron chi connectivity index (χ1n) is 10.7. The number of esters is 1. The van der Waals surface area contributed by atoms with Gasteiger partial charge in [-0.2, -0.15) is 0 Å². The minimum Gasteiger partial charge on any atom is -0.426 e. The molecule has 2 rings (SSSR count). The number of carbonyl (C=O) groups excluding carboxylic acids is 4. The molecular formula is C23H31ClN2O6. The zero-order valence-electron chi connectivity index (χ0n) is 19.0. The standard InChI is InChI=1S/C23H31ClN2O6/c1-15(2)13-19(25-16(3)27)21(29)31-14-32-22(30)26(4)23(12-8-7-11-20(23)28)17-9-5-6-10-18(17)24/h5-6,9-10,15,19H,7-8,11-14H2,1-4H3,(H,25,27)/t19-,23-/m0/s1. The van der Waals surface area contributed by atoms with Crippen molar-refractivity contribution in [1.82, 2.24) is 10.2 Å². The van der Waals surface area contributed by atoms with Gasteiger partial charge < -0.3 is 14.8 Å². The minimum absolute atomic E-state index is 0.115. The lowest BCUT2D eigenvalue weighted by Gasteiger charge is -2.43. The minimum atomic E-state index is -1.24. The van der Waals surface area contributed by atoms with Crippen LogP contribution in [0.5, 0.6) is 0 Å². The number of nitrogens with zero attached hydrogens (tertiary/aromatic N) is 1. The van der Waals surface area contributed by atoms with Gasteiger partial charge in [0.25, 0.3) is 0 Å². The van der Waals surface area contributed by atoms with Crippen LogP contribution in [-0.4, -0.2) is 48.5 Å². The van der Waals surface area contributed by atoms with Crippen molar-refractivity contribution in [3.63, 3.8) is 0 Å². The van der Waals surface area contributed by atoms with Crippen LogP contribution in [0, 0.1) is 5.92 Å². The quantitative estimate of drug-likeness (QED) is 0.462. The van der Waals surface area contributed by atoms with E-state index in [1.54, 1.807) is 24.3 Å². The van der Waals surface area contributed by atoms with Crippen molar-refractivity contribution in [2.75, 3.05) is 13.8 Å². The molecule has 9 heteroatoms. The summed E-state index contributed by atoms with van der Waals surface area (Å²) in [4.78, 5) is 50.8. The largest absolute Gasteiger partial charge is 0.426 e. The molecule has 8 nitrogen and oxygen atoms in total. The molecule has 1 aliphatic carbocycles. The number of ketones is 1. The molecule has 1 saturated carbocycles. The van der Waals surface area contributed by atoms with Crippen LogP contribution in [0.15, 0.2) is 24.3 Å². The smallest absolute Gasteiger partial charge is 0.413 e. The molecule has 1 fully saturated rings. The third kappa shape index (κ3) is 6.00. The van der Waals surface area contributed by atoms with Crippen molar-refractivity contribution in [2.45, 2.75) is 64.5 Å². The number of rotatable bonds is 8. The number of ether oxygens (including phenoxy) is 2. The fourth-order valence-electron chi connectivity index (χ4n) is 4.05. The molecule has 0 aromatic heterocycles. The van der Waals surface area contributed by atoms with Crippen molar-refractivity contribution >= 4 is 35.4 Å². The van der Waals surface area contributed by atoms with Gasteiger partial charge in [0.15, 0.2) is 5.78 Å². The number of hydrogen-bond donors (Lipinski definition) is 1. The second-order valence-electron chi connectivity index (χ2n) is 8.40. The number of Topliss-reactive ketones (excluding diaryl/α,β-unsaturated/α-hetero) is 1. The van der Waals surface area contributed by atoms with Gasteiger partial charge in [0, 0.05) is 31.0 Å². The summed E-state index contributed by atoms with van der Waals surface area (Å²) in [6, 6.07) is 6.10. The Balaban J connectivity index is 2.10. The summed E-state index contributed by atoms with van der Waals surface area (Å²) in [5, 5.41) is 2.93. The first-order chi connectivity index (χ1) is 15.1. The Morgan fingerprint density at radius 1 is 1.19 bits per heavy atom. The van der Waals surface area contributed by atoms with Gasteiger partial charge in [-0.25, -0.2) is 9.59 Å². The normalized spacial score (nSPS) is 19.2. The Labute approximate surface area is 193 Å². The van der Waals surface area contributed by atoms with Gasteiger partial charge in [-0.15, -0.1) is 0 Å². The van der Waals surface area contributed by atoms with Crippen molar-refractivity contribution in [3.8, 4) is 0 Å². The molecule has 32 heavy (non-hydrogen) atoms. The summed E-state index contributed by atoms with van der Waals surface area (Å²) in [5.74, 6) is -1.03. The summed E-state index contributed by atoms with van der Waals surface area (Å²) < 4.78 is 10.2. The van der Waals surface area contributed by atoms with Gasteiger partial charge in [0.2, 0.25) is 12.7 Å². The van der Waals surface area contributed by atoms with Gasteiger partial charge in [-0.05, 0) is 37.7 Å². The van der Waals surface area contributed by atoms with Crippen molar-refractivity contribution in [3.05, 3.63) is 34.9 Å². The lowest BCUT2D eigenvalue weighted by Crippen LogP contribution is -2.54. The number of hydrogen-bond acceptors (Lipinski definition) is 6. The lowest BCUT2D eigenvalue weighted by atomic mass is 9.74. The van der Waals surface area contributed by atoms with Crippen molar-refractivity contribution in [1.29, 1.82) is 0 Å². The van der Waals surface area contributed by atoms with Crippen molar-refractivity contribution < 1.29 is 28.7 Å². The average molecular weight is 467 g/mol. The predicted molar refractivity (Wildman–Crippen MR) is 119 cm³/mol. The fraction of sp³-hybridized carbons (Fsp3) is 0.565. The van der Waals surface area contributed by atoms with Crippen LogP contribution in [-0.2, 0) is 29.4 Å². The molecule has 2 amide bonds. The molecule has 1 N–H and O–H groups in total. The van der Waals surface area contributed by atoms with Crippen LogP contribution in [0.1, 0.15) is 58.4 Å². The number of amides is 2. The van der Waals surface area contributed by atoms with Crippen LogP contribution < -0.4 is 5.32 Å². The number of likely N-dealkylation sites (N-methyl/N-ethyl adjacent to an activating group) is 1. The molecule has 2 atom stereocenters. The van der Waals surface area contributed by atoms with E-state index in [2.05, 4.69) is 5.32 Å². The van der Waals surface area contributed by atoms with Gasteiger partial charge in [-0.1, -0.05) is 43.6 Å². The van der Waals surface area contributed by atoms with E-state index in [9.17, 15) is 19.2 Å². The zero-order chi connectivity index (χ0) is 23.9. The Hall–Kier alpha value is -2.61. The predicted octanol–water partition coefficient (Wildman–Crippen LogP) is 3.80. The molecule has 0 spiro atoms. The molecule has 0 aliphatic heterocycles. The summed E-state index contributed by atoms with van der Waals surface area (Å²) in [5.41, 5.74) is -0.695. The van der Waals surface area contributed by atoms with E-state index in [0.717, 1.165) is 12.8 Å². The van der Waals surface area contributed by atoms with E-state index in [1.165, 1.54) is 18.9 Å². The summed E-state index contributed by atoms with van der Waals surface area (Å²) >= 11 is 6.39. The van der Waals surface area contributed by atoms with E-state index in [-0.39, 0.29) is 17.6 Å². The third-order valence-corrected chi connectivity index (χ3v) is 5.90. The SMILES string of the molecule is CC(=O)N[C@@H](CC(C)C)C(=O)OCOC(=O)N(C)[C@]1(c2ccccc2Cl)CCCCC1=O. The van der Waals surface area contributed by atoms with Crippen LogP contribution in [0.25, 0.3) is 0 Å². The number of nitrogens with one attached hydrogen (secondary N) is 1. The molecule has 1 aromatic rings. The first-order valence-corrected chi connectivity index (χ1v) is 11.1. The fourth-order valence-corrected chi connectivity index (χ4v) is 4.34. The highest BCUT2D eigenvalue weighted by Crippen LogP contribution is 2.42. The lowest BCUT2D eigenvalue weighted by molar-refractivity contribution is -0.157. The Morgan fingerprint density at radius 3 is 2.47 bits per heavy atom. The second kappa shape index (κ2) is 11.3. The Bertz CT molecular complexity index is 859. The molecule has 0 saturated heterocycles. The molecular weight excluding hydrogens is 436 g/mol. The highest BCUT2D eigenvalue weighted by atomic mass is 35.5. The van der Waals surface area contributed by atoms with Crippen LogP contribution >= 0.6 is 11.6 Å². The average Bonchev–Trinajstić information content (AvgIpc) is 2.73. The van der Waals surface area contributed by atoms with Gasteiger partial charge in [-0.3, -0.25) is 14.5 Å². The highest BCUT2D eigenvalue weighted by molar-refractivity contribution is 6.31. The maximum absolute atomic E-state index is 13.1. The maximum Gasteiger partial charge on any atom is 0.413 e. The van der Waals surface area contributed by atoms with Crippen molar-refractivity contribution in [2.24, 2.45) is 5.92 Å². The van der Waals surface area contributed by atoms with Crippen LogP contribution in [0.2, 0.25) is 5.02 Å². The van der Waals surface area contributed by atoms with Crippen LogP contribution in [0.4, 0.5) is 4.79 Å². The molecule has 0 bridgehead atoms.